The summed E-state index contributed by atoms with van der Waals surface area (Å²) in [6, 6.07) is 0.717. The molecule has 0 N–H and O–H groups in total. The molecular weight excluding hydrogens is 240 g/mol. The van der Waals surface area contributed by atoms with Crippen molar-refractivity contribution >= 4 is 0 Å². The van der Waals surface area contributed by atoms with Crippen LogP contribution in [0.25, 0.3) is 0 Å². The van der Waals surface area contributed by atoms with E-state index < -0.39 is 0 Å². The second-order valence-electron chi connectivity index (χ2n) is 5.84. The Morgan fingerprint density at radius 2 is 2.11 bits per heavy atom. The normalized spacial score (nSPS) is 26.7. The number of piperidine rings is 1. The number of aryl methyl sites for hydroxylation is 1. The van der Waals surface area contributed by atoms with Crippen molar-refractivity contribution < 1.29 is 4.74 Å². The maximum absolute atomic E-state index is 5.51. The molecule has 3 rings (SSSR count). The minimum atomic E-state index is 0.717. The van der Waals surface area contributed by atoms with Gasteiger partial charge < -0.3 is 9.30 Å². The third-order valence-corrected chi connectivity index (χ3v) is 4.62. The van der Waals surface area contributed by atoms with Gasteiger partial charge in [-0.3, -0.25) is 4.90 Å². The molecule has 3 heterocycles. The average Bonchev–Trinajstić information content (AvgIpc) is 2.86. The van der Waals surface area contributed by atoms with Crippen molar-refractivity contribution in [2.24, 2.45) is 13.0 Å². The van der Waals surface area contributed by atoms with Crippen LogP contribution >= 0.6 is 0 Å². The highest BCUT2D eigenvalue weighted by atomic mass is 16.5. The first-order chi connectivity index (χ1) is 9.34. The van der Waals surface area contributed by atoms with Crippen LogP contribution in [0.15, 0.2) is 6.33 Å². The topological polar surface area (TPSA) is 43.2 Å². The second kappa shape index (κ2) is 6.01. The van der Waals surface area contributed by atoms with E-state index in [9.17, 15) is 0 Å². The minimum absolute atomic E-state index is 0.717. The van der Waals surface area contributed by atoms with Gasteiger partial charge in [0.05, 0.1) is 6.54 Å². The Balaban J connectivity index is 1.68. The minimum Gasteiger partial charge on any atom is -0.381 e. The van der Waals surface area contributed by atoms with E-state index in [0.29, 0.717) is 6.04 Å². The molecule has 2 aliphatic rings. The lowest BCUT2D eigenvalue weighted by Crippen LogP contribution is -2.45. The van der Waals surface area contributed by atoms with Crippen molar-refractivity contribution in [1.82, 2.24) is 19.7 Å². The van der Waals surface area contributed by atoms with Crippen molar-refractivity contribution in [3.05, 3.63) is 12.2 Å². The Bertz CT molecular complexity index is 400. The zero-order chi connectivity index (χ0) is 13.1. The SMILES string of the molecule is Cn1cnnc1CN1CCCCC1C1CCOCC1. The number of nitrogens with zero attached hydrogens (tertiary/aromatic N) is 4. The van der Waals surface area contributed by atoms with Gasteiger partial charge in [-0.1, -0.05) is 6.42 Å². The van der Waals surface area contributed by atoms with Crippen molar-refractivity contribution in [2.45, 2.75) is 44.7 Å². The monoisotopic (exact) mass is 264 g/mol. The van der Waals surface area contributed by atoms with E-state index in [1.54, 1.807) is 6.33 Å². The number of hydrogen-bond donors (Lipinski definition) is 0. The number of ether oxygens (including phenoxy) is 1. The van der Waals surface area contributed by atoms with Crippen LogP contribution in [0.1, 0.15) is 37.9 Å². The molecule has 0 aliphatic carbocycles. The summed E-state index contributed by atoms with van der Waals surface area (Å²) >= 11 is 0. The summed E-state index contributed by atoms with van der Waals surface area (Å²) in [5, 5.41) is 8.23. The third-order valence-electron chi connectivity index (χ3n) is 4.62. The Labute approximate surface area is 114 Å². The highest BCUT2D eigenvalue weighted by Gasteiger charge is 2.31. The number of likely N-dealkylation sites (tertiary alicyclic amines) is 1. The fraction of sp³-hybridized carbons (Fsp3) is 0.857. The van der Waals surface area contributed by atoms with Crippen LogP contribution < -0.4 is 0 Å². The Morgan fingerprint density at radius 1 is 1.26 bits per heavy atom. The molecule has 0 saturated carbocycles. The fourth-order valence-corrected chi connectivity index (χ4v) is 3.48. The first-order valence-electron chi connectivity index (χ1n) is 7.49. The molecule has 0 radical (unpaired) electrons. The van der Waals surface area contributed by atoms with Crippen LogP contribution in [0, 0.1) is 5.92 Å². The summed E-state index contributed by atoms with van der Waals surface area (Å²) in [6.45, 7) is 4.03. The summed E-state index contributed by atoms with van der Waals surface area (Å²) in [7, 11) is 2.03. The lowest BCUT2D eigenvalue weighted by atomic mass is 9.85. The number of hydrogen-bond acceptors (Lipinski definition) is 4. The maximum atomic E-state index is 5.51. The van der Waals surface area contributed by atoms with E-state index in [1.807, 2.05) is 11.6 Å². The van der Waals surface area contributed by atoms with E-state index in [0.717, 1.165) is 31.5 Å². The lowest BCUT2D eigenvalue weighted by Gasteiger charge is -2.41. The molecule has 5 heteroatoms. The van der Waals surface area contributed by atoms with Crippen molar-refractivity contribution in [2.75, 3.05) is 19.8 Å². The summed E-state index contributed by atoms with van der Waals surface area (Å²) < 4.78 is 7.54. The molecule has 1 aromatic heterocycles. The molecule has 0 bridgehead atoms. The largest absolute Gasteiger partial charge is 0.381 e. The molecule has 2 fully saturated rings. The summed E-state index contributed by atoms with van der Waals surface area (Å²) in [5.74, 6) is 1.89. The van der Waals surface area contributed by atoms with Crippen LogP contribution in [-0.4, -0.2) is 45.5 Å². The predicted octanol–water partition coefficient (Wildman–Crippen LogP) is 1.60. The van der Waals surface area contributed by atoms with E-state index >= 15 is 0 Å². The molecule has 0 spiro atoms. The first-order valence-corrected chi connectivity index (χ1v) is 7.49. The van der Waals surface area contributed by atoms with Gasteiger partial charge in [0.15, 0.2) is 0 Å². The van der Waals surface area contributed by atoms with Crippen molar-refractivity contribution in [3.63, 3.8) is 0 Å². The molecule has 106 valence electrons. The predicted molar refractivity (Wildman–Crippen MR) is 72.6 cm³/mol. The zero-order valence-corrected chi connectivity index (χ0v) is 11.8. The van der Waals surface area contributed by atoms with Gasteiger partial charge >= 0.3 is 0 Å². The van der Waals surface area contributed by atoms with Gasteiger partial charge in [0, 0.05) is 26.3 Å². The Morgan fingerprint density at radius 3 is 2.84 bits per heavy atom. The summed E-state index contributed by atoms with van der Waals surface area (Å²) in [4.78, 5) is 2.63. The molecule has 1 aromatic rings. The van der Waals surface area contributed by atoms with Crippen LogP contribution in [-0.2, 0) is 18.3 Å². The smallest absolute Gasteiger partial charge is 0.146 e. The molecule has 1 atom stereocenters. The van der Waals surface area contributed by atoms with Crippen molar-refractivity contribution in [1.29, 1.82) is 0 Å². The van der Waals surface area contributed by atoms with E-state index in [1.165, 1.54) is 38.6 Å². The fourth-order valence-electron chi connectivity index (χ4n) is 3.48. The molecule has 5 nitrogen and oxygen atoms in total. The quantitative estimate of drug-likeness (QED) is 0.831. The second-order valence-corrected chi connectivity index (χ2v) is 5.84. The number of rotatable bonds is 3. The highest BCUT2D eigenvalue weighted by molar-refractivity contribution is 4.90. The van der Waals surface area contributed by atoms with Gasteiger partial charge in [-0.15, -0.1) is 10.2 Å². The van der Waals surface area contributed by atoms with Gasteiger partial charge in [0.25, 0.3) is 0 Å². The Kier molecular flexibility index (Phi) is 4.13. The van der Waals surface area contributed by atoms with Gasteiger partial charge in [-0.2, -0.15) is 0 Å². The molecule has 2 saturated heterocycles. The standard InChI is InChI=1S/C14H24N4O/c1-17-11-15-16-14(17)10-18-7-3-2-4-13(18)12-5-8-19-9-6-12/h11-13H,2-10H2,1H3. The highest BCUT2D eigenvalue weighted by Crippen LogP contribution is 2.30. The van der Waals surface area contributed by atoms with Crippen LogP contribution in [0.5, 0.6) is 0 Å². The summed E-state index contributed by atoms with van der Waals surface area (Å²) in [6.07, 6.45) is 8.26. The molecule has 2 aliphatic heterocycles. The molecular formula is C14H24N4O. The van der Waals surface area contributed by atoms with E-state index in [-0.39, 0.29) is 0 Å². The van der Waals surface area contributed by atoms with Gasteiger partial charge in [-0.05, 0) is 38.1 Å². The van der Waals surface area contributed by atoms with Crippen LogP contribution in [0.3, 0.4) is 0 Å². The number of aromatic nitrogens is 3. The van der Waals surface area contributed by atoms with Gasteiger partial charge in [-0.25, -0.2) is 0 Å². The van der Waals surface area contributed by atoms with Crippen LogP contribution in [0.4, 0.5) is 0 Å². The molecule has 1 unspecified atom stereocenters. The first kappa shape index (κ1) is 13.1. The van der Waals surface area contributed by atoms with E-state index in [2.05, 4.69) is 15.1 Å². The maximum Gasteiger partial charge on any atom is 0.146 e. The lowest BCUT2D eigenvalue weighted by molar-refractivity contribution is 0.00889. The van der Waals surface area contributed by atoms with Gasteiger partial charge in [0.2, 0.25) is 0 Å². The average molecular weight is 264 g/mol. The van der Waals surface area contributed by atoms with E-state index in [4.69, 9.17) is 4.74 Å². The van der Waals surface area contributed by atoms with Crippen molar-refractivity contribution in [3.8, 4) is 0 Å². The molecule has 0 aromatic carbocycles. The molecule has 19 heavy (non-hydrogen) atoms. The van der Waals surface area contributed by atoms with Crippen LogP contribution in [0.2, 0.25) is 0 Å². The third kappa shape index (κ3) is 2.98. The summed E-state index contributed by atoms with van der Waals surface area (Å²) in [5.41, 5.74) is 0. The Hall–Kier alpha value is -0.940. The zero-order valence-electron chi connectivity index (χ0n) is 11.8. The van der Waals surface area contributed by atoms with Gasteiger partial charge in [0.1, 0.15) is 12.2 Å². The molecule has 0 amide bonds.